The molecule has 0 saturated heterocycles. The molecule has 0 radical (unpaired) electrons. The molecule has 0 spiro atoms. The van der Waals surface area contributed by atoms with Gasteiger partial charge < -0.3 is 5.73 Å². The summed E-state index contributed by atoms with van der Waals surface area (Å²) in [5.41, 5.74) is 9.87. The molecular weight excluding hydrogens is 242 g/mol. The van der Waals surface area contributed by atoms with E-state index in [9.17, 15) is 4.21 Å². The van der Waals surface area contributed by atoms with Crippen LogP contribution < -0.4 is 5.73 Å². The van der Waals surface area contributed by atoms with Crippen LogP contribution in [0.5, 0.6) is 0 Å². The minimum atomic E-state index is -1.02. The Balaban J connectivity index is 2.21. The van der Waals surface area contributed by atoms with Crippen molar-refractivity contribution in [3.05, 3.63) is 59.2 Å². The Kier molecular flexibility index (Phi) is 3.82. The van der Waals surface area contributed by atoms with E-state index in [1.807, 2.05) is 56.3 Å². The number of anilines is 1. The minimum absolute atomic E-state index is 0.514. The average Bonchev–Trinajstić information content (AvgIpc) is 2.36. The van der Waals surface area contributed by atoms with Gasteiger partial charge in [-0.2, -0.15) is 0 Å². The molecule has 18 heavy (non-hydrogen) atoms. The molecule has 0 aliphatic heterocycles. The predicted molar refractivity (Wildman–Crippen MR) is 76.9 cm³/mol. The van der Waals surface area contributed by atoms with Crippen LogP contribution in [0.1, 0.15) is 16.7 Å². The molecule has 2 aromatic carbocycles. The van der Waals surface area contributed by atoms with Gasteiger partial charge >= 0.3 is 0 Å². The normalized spacial score (nSPS) is 12.3. The Labute approximate surface area is 110 Å². The molecule has 1 atom stereocenters. The highest BCUT2D eigenvalue weighted by Crippen LogP contribution is 2.19. The summed E-state index contributed by atoms with van der Waals surface area (Å²) in [4.78, 5) is 0.863. The third-order valence-electron chi connectivity index (χ3n) is 3.06. The molecule has 2 rings (SSSR count). The third kappa shape index (κ3) is 2.79. The molecule has 0 bridgehead atoms. The van der Waals surface area contributed by atoms with Crippen molar-refractivity contribution < 1.29 is 4.21 Å². The number of rotatable bonds is 3. The molecule has 2 nitrogen and oxygen atoms in total. The number of nitrogen functional groups attached to an aromatic ring is 1. The summed E-state index contributed by atoms with van der Waals surface area (Å²) in [6.07, 6.45) is 0. The fourth-order valence-electron chi connectivity index (χ4n) is 1.77. The van der Waals surface area contributed by atoms with E-state index in [0.29, 0.717) is 5.75 Å². The van der Waals surface area contributed by atoms with E-state index < -0.39 is 10.8 Å². The van der Waals surface area contributed by atoms with E-state index in [1.54, 1.807) is 0 Å². The van der Waals surface area contributed by atoms with Crippen molar-refractivity contribution in [3.8, 4) is 0 Å². The van der Waals surface area contributed by atoms with Crippen molar-refractivity contribution in [2.24, 2.45) is 0 Å². The van der Waals surface area contributed by atoms with Gasteiger partial charge in [0, 0.05) is 10.6 Å². The summed E-state index contributed by atoms with van der Waals surface area (Å²) in [5, 5.41) is 0. The van der Waals surface area contributed by atoms with Crippen molar-refractivity contribution >= 4 is 16.5 Å². The van der Waals surface area contributed by atoms with E-state index in [2.05, 4.69) is 0 Å². The number of aryl methyl sites for hydroxylation is 1. The van der Waals surface area contributed by atoms with Gasteiger partial charge in [-0.3, -0.25) is 4.21 Å². The second kappa shape index (κ2) is 5.36. The van der Waals surface area contributed by atoms with Crippen molar-refractivity contribution in [2.45, 2.75) is 24.5 Å². The summed E-state index contributed by atoms with van der Waals surface area (Å²) >= 11 is 0. The van der Waals surface area contributed by atoms with Gasteiger partial charge in [0.05, 0.1) is 16.6 Å². The van der Waals surface area contributed by atoms with Crippen LogP contribution in [0.15, 0.2) is 47.4 Å². The summed E-state index contributed by atoms with van der Waals surface area (Å²) in [6, 6.07) is 13.6. The zero-order valence-electron chi connectivity index (χ0n) is 10.6. The Bertz CT molecular complexity index is 576. The lowest BCUT2D eigenvalue weighted by atomic mass is 10.1. The van der Waals surface area contributed by atoms with Crippen molar-refractivity contribution in [2.75, 3.05) is 5.73 Å². The Hall–Kier alpha value is -1.61. The van der Waals surface area contributed by atoms with Gasteiger partial charge in [-0.15, -0.1) is 0 Å². The van der Waals surface area contributed by atoms with Gasteiger partial charge in [0.2, 0.25) is 0 Å². The molecule has 2 aromatic rings. The average molecular weight is 259 g/mol. The topological polar surface area (TPSA) is 43.1 Å². The maximum Gasteiger partial charge on any atom is 0.0574 e. The fourth-order valence-corrected chi connectivity index (χ4v) is 2.98. The van der Waals surface area contributed by atoms with Crippen LogP contribution in [0, 0.1) is 13.8 Å². The van der Waals surface area contributed by atoms with E-state index in [1.165, 1.54) is 5.56 Å². The SMILES string of the molecule is Cc1ccc(S(=O)Cc2cccc(N)c2C)cc1. The summed E-state index contributed by atoms with van der Waals surface area (Å²) < 4.78 is 12.3. The summed E-state index contributed by atoms with van der Waals surface area (Å²) in [5.74, 6) is 0.514. The summed E-state index contributed by atoms with van der Waals surface area (Å²) in [6.45, 7) is 3.99. The first-order valence-electron chi connectivity index (χ1n) is 5.87. The van der Waals surface area contributed by atoms with Gasteiger partial charge in [-0.25, -0.2) is 0 Å². The zero-order chi connectivity index (χ0) is 13.1. The Morgan fingerprint density at radius 3 is 2.39 bits per heavy atom. The molecule has 0 aliphatic rings. The lowest BCUT2D eigenvalue weighted by Crippen LogP contribution is -2.01. The smallest absolute Gasteiger partial charge is 0.0574 e. The lowest BCUT2D eigenvalue weighted by molar-refractivity contribution is 0.682. The van der Waals surface area contributed by atoms with Crippen LogP contribution in [0.2, 0.25) is 0 Å². The molecular formula is C15H17NOS. The molecule has 94 valence electrons. The van der Waals surface area contributed by atoms with Gasteiger partial charge in [0.25, 0.3) is 0 Å². The van der Waals surface area contributed by atoms with Gasteiger partial charge in [-0.05, 0) is 43.2 Å². The van der Waals surface area contributed by atoms with Crippen molar-refractivity contribution in [1.29, 1.82) is 0 Å². The monoisotopic (exact) mass is 259 g/mol. The van der Waals surface area contributed by atoms with E-state index in [4.69, 9.17) is 5.73 Å². The van der Waals surface area contributed by atoms with Crippen molar-refractivity contribution in [3.63, 3.8) is 0 Å². The van der Waals surface area contributed by atoms with Crippen LogP contribution in [0.25, 0.3) is 0 Å². The number of hydrogen-bond donors (Lipinski definition) is 1. The first kappa shape index (κ1) is 12.8. The first-order chi connectivity index (χ1) is 8.58. The van der Waals surface area contributed by atoms with E-state index in [-0.39, 0.29) is 0 Å². The molecule has 0 fully saturated rings. The number of benzene rings is 2. The molecule has 0 heterocycles. The van der Waals surface area contributed by atoms with Gasteiger partial charge in [0.15, 0.2) is 0 Å². The van der Waals surface area contributed by atoms with Crippen LogP contribution in [0.3, 0.4) is 0 Å². The molecule has 3 heteroatoms. The Morgan fingerprint density at radius 2 is 1.72 bits per heavy atom. The highest BCUT2D eigenvalue weighted by Gasteiger charge is 2.08. The standard InChI is InChI=1S/C15H17NOS/c1-11-6-8-14(9-7-11)18(17)10-13-4-3-5-15(16)12(13)2/h3-9H,10,16H2,1-2H3. The van der Waals surface area contributed by atoms with Crippen LogP contribution >= 0.6 is 0 Å². The summed E-state index contributed by atoms with van der Waals surface area (Å²) in [7, 11) is -1.02. The van der Waals surface area contributed by atoms with Crippen LogP contribution in [-0.4, -0.2) is 4.21 Å². The third-order valence-corrected chi connectivity index (χ3v) is 4.43. The van der Waals surface area contributed by atoms with Crippen molar-refractivity contribution in [1.82, 2.24) is 0 Å². The Morgan fingerprint density at radius 1 is 1.06 bits per heavy atom. The zero-order valence-corrected chi connectivity index (χ0v) is 11.5. The molecule has 2 N–H and O–H groups in total. The second-order valence-electron chi connectivity index (χ2n) is 4.43. The van der Waals surface area contributed by atoms with E-state index in [0.717, 1.165) is 21.7 Å². The molecule has 0 aromatic heterocycles. The molecule has 0 amide bonds. The van der Waals surface area contributed by atoms with Crippen LogP contribution in [-0.2, 0) is 16.6 Å². The molecule has 0 saturated carbocycles. The van der Waals surface area contributed by atoms with Crippen LogP contribution in [0.4, 0.5) is 5.69 Å². The highest BCUT2D eigenvalue weighted by atomic mass is 32.2. The molecule has 0 aliphatic carbocycles. The van der Waals surface area contributed by atoms with E-state index >= 15 is 0 Å². The van der Waals surface area contributed by atoms with Gasteiger partial charge in [-0.1, -0.05) is 29.8 Å². The number of hydrogen-bond acceptors (Lipinski definition) is 2. The fraction of sp³-hybridized carbons (Fsp3) is 0.200. The number of nitrogens with two attached hydrogens (primary N) is 1. The first-order valence-corrected chi connectivity index (χ1v) is 7.19. The highest BCUT2D eigenvalue weighted by molar-refractivity contribution is 7.84. The minimum Gasteiger partial charge on any atom is -0.399 e. The van der Waals surface area contributed by atoms with Gasteiger partial charge in [0.1, 0.15) is 0 Å². The maximum atomic E-state index is 12.3. The quantitative estimate of drug-likeness (QED) is 0.860. The predicted octanol–water partition coefficient (Wildman–Crippen LogP) is 3.19. The second-order valence-corrected chi connectivity index (χ2v) is 5.89. The largest absolute Gasteiger partial charge is 0.399 e. The lowest BCUT2D eigenvalue weighted by Gasteiger charge is -2.08. The maximum absolute atomic E-state index is 12.3. The molecule has 1 unspecified atom stereocenters.